The predicted octanol–water partition coefficient (Wildman–Crippen LogP) is -0.121. The number of benzene rings is 1. The molecule has 0 aromatic heterocycles. The molecule has 0 aliphatic heterocycles. The van der Waals surface area contributed by atoms with Crippen LogP contribution in [0.1, 0.15) is 17.3 Å². The molecule has 0 heterocycles. The fraction of sp³-hybridized carbons (Fsp3) is 0.273. The van der Waals surface area contributed by atoms with Gasteiger partial charge < -0.3 is 10.8 Å². The number of likely N-dealkylation sites (N-methyl/N-ethyl adjacent to an activating group) is 1. The van der Waals surface area contributed by atoms with E-state index < -0.39 is 27.9 Å². The van der Waals surface area contributed by atoms with Crippen molar-refractivity contribution in [1.82, 2.24) is 4.31 Å². The molecule has 3 N–H and O–H groups in total. The van der Waals surface area contributed by atoms with Crippen LogP contribution in [0.4, 0.5) is 0 Å². The minimum Gasteiger partial charge on any atom is -0.480 e. The molecule has 1 amide bonds. The van der Waals surface area contributed by atoms with E-state index in [1.807, 2.05) is 0 Å². The van der Waals surface area contributed by atoms with Crippen LogP contribution in [0.5, 0.6) is 0 Å². The molecule has 0 spiro atoms. The van der Waals surface area contributed by atoms with Crippen LogP contribution in [0.3, 0.4) is 0 Å². The number of carbonyl (C=O) groups is 2. The summed E-state index contributed by atoms with van der Waals surface area (Å²) in [5, 5.41) is 8.83. The lowest BCUT2D eigenvalue weighted by Crippen LogP contribution is -2.40. The molecule has 8 heteroatoms. The Morgan fingerprint density at radius 2 is 1.95 bits per heavy atom. The zero-order valence-electron chi connectivity index (χ0n) is 10.4. The fourth-order valence-corrected chi connectivity index (χ4v) is 2.71. The van der Waals surface area contributed by atoms with E-state index in [4.69, 9.17) is 10.8 Å². The van der Waals surface area contributed by atoms with E-state index in [1.165, 1.54) is 25.1 Å². The van der Waals surface area contributed by atoms with Gasteiger partial charge in [-0.15, -0.1) is 0 Å². The molecule has 1 atom stereocenters. The largest absolute Gasteiger partial charge is 0.480 e. The van der Waals surface area contributed by atoms with Gasteiger partial charge in [0.25, 0.3) is 0 Å². The Labute approximate surface area is 110 Å². The van der Waals surface area contributed by atoms with E-state index in [1.54, 1.807) is 0 Å². The number of rotatable bonds is 5. The maximum atomic E-state index is 12.2. The summed E-state index contributed by atoms with van der Waals surface area (Å²) in [5.41, 5.74) is 5.11. The van der Waals surface area contributed by atoms with Gasteiger partial charge in [0, 0.05) is 12.6 Å². The second-order valence-corrected chi connectivity index (χ2v) is 5.93. The number of aliphatic carboxylic acids is 1. The van der Waals surface area contributed by atoms with E-state index in [9.17, 15) is 18.0 Å². The molecular weight excluding hydrogens is 272 g/mol. The smallest absolute Gasteiger partial charge is 0.321 e. The summed E-state index contributed by atoms with van der Waals surface area (Å²) in [4.78, 5) is 21.6. The van der Waals surface area contributed by atoms with Gasteiger partial charge >= 0.3 is 5.97 Å². The molecule has 104 valence electrons. The van der Waals surface area contributed by atoms with Crippen molar-refractivity contribution >= 4 is 21.9 Å². The molecule has 0 saturated heterocycles. The van der Waals surface area contributed by atoms with E-state index in [0.717, 1.165) is 17.4 Å². The Kier molecular flexibility index (Phi) is 4.28. The summed E-state index contributed by atoms with van der Waals surface area (Å²) in [5.74, 6) is -2.02. The van der Waals surface area contributed by atoms with Crippen LogP contribution in [0, 0.1) is 0 Å². The van der Waals surface area contributed by atoms with E-state index >= 15 is 0 Å². The fourth-order valence-electron chi connectivity index (χ4n) is 1.34. The van der Waals surface area contributed by atoms with Crippen molar-refractivity contribution < 1.29 is 23.1 Å². The maximum absolute atomic E-state index is 12.2. The van der Waals surface area contributed by atoms with Gasteiger partial charge in [-0.05, 0) is 25.1 Å². The number of carbonyl (C=O) groups excluding carboxylic acids is 1. The number of amides is 1. The monoisotopic (exact) mass is 286 g/mol. The average molecular weight is 286 g/mol. The minimum absolute atomic E-state index is 0.0393. The lowest BCUT2D eigenvalue weighted by molar-refractivity contribution is -0.140. The van der Waals surface area contributed by atoms with Gasteiger partial charge in [-0.1, -0.05) is 6.07 Å². The molecule has 1 rings (SSSR count). The molecule has 1 aromatic carbocycles. The van der Waals surface area contributed by atoms with E-state index in [2.05, 4.69) is 0 Å². The summed E-state index contributed by atoms with van der Waals surface area (Å²) in [6, 6.07) is 3.91. The number of hydrogen-bond acceptors (Lipinski definition) is 4. The van der Waals surface area contributed by atoms with Crippen molar-refractivity contribution in [2.75, 3.05) is 7.05 Å². The first-order valence-electron chi connectivity index (χ1n) is 5.28. The number of carboxylic acids is 1. The topological polar surface area (TPSA) is 118 Å². The van der Waals surface area contributed by atoms with Gasteiger partial charge in [-0.2, -0.15) is 4.31 Å². The first-order chi connectivity index (χ1) is 8.67. The number of carboxylic acid groups (broad SMARTS) is 1. The normalized spacial score (nSPS) is 13.2. The van der Waals surface area contributed by atoms with Crippen LogP contribution < -0.4 is 5.73 Å². The Hall–Kier alpha value is -1.93. The van der Waals surface area contributed by atoms with Crippen molar-refractivity contribution in [1.29, 1.82) is 0 Å². The third-order valence-corrected chi connectivity index (χ3v) is 4.62. The highest BCUT2D eigenvalue weighted by molar-refractivity contribution is 7.89. The van der Waals surface area contributed by atoms with E-state index in [-0.39, 0.29) is 10.5 Å². The first-order valence-corrected chi connectivity index (χ1v) is 6.72. The molecule has 0 radical (unpaired) electrons. The zero-order chi connectivity index (χ0) is 14.8. The van der Waals surface area contributed by atoms with E-state index in [0.29, 0.717) is 0 Å². The molecule has 0 aliphatic carbocycles. The third kappa shape index (κ3) is 3.09. The highest BCUT2D eigenvalue weighted by Gasteiger charge is 2.29. The van der Waals surface area contributed by atoms with Crippen LogP contribution >= 0.6 is 0 Å². The van der Waals surface area contributed by atoms with Gasteiger partial charge in [0.15, 0.2) is 0 Å². The summed E-state index contributed by atoms with van der Waals surface area (Å²) >= 11 is 0. The number of nitrogens with two attached hydrogens (primary N) is 1. The zero-order valence-corrected chi connectivity index (χ0v) is 11.2. The highest BCUT2D eigenvalue weighted by atomic mass is 32.2. The van der Waals surface area contributed by atoms with Gasteiger partial charge in [-0.25, -0.2) is 8.42 Å². The number of hydrogen-bond donors (Lipinski definition) is 2. The van der Waals surface area contributed by atoms with Crippen LogP contribution in [-0.4, -0.2) is 42.8 Å². The molecule has 0 saturated carbocycles. The number of sulfonamides is 1. The summed E-state index contributed by atoms with van der Waals surface area (Å²) < 4.78 is 25.0. The van der Waals surface area contributed by atoms with Gasteiger partial charge in [0.1, 0.15) is 6.04 Å². The Bertz CT molecular complexity index is 611. The van der Waals surface area contributed by atoms with Crippen molar-refractivity contribution in [2.24, 2.45) is 5.73 Å². The standard InChI is InChI=1S/C11H14N2O5S/c1-7(11(15)16)13(2)19(17,18)9-5-3-4-8(6-9)10(12)14/h3-7H,1-2H3,(H2,12,14)(H,15,16). The molecule has 7 nitrogen and oxygen atoms in total. The Morgan fingerprint density at radius 3 is 2.42 bits per heavy atom. The highest BCUT2D eigenvalue weighted by Crippen LogP contribution is 2.17. The predicted molar refractivity (Wildman–Crippen MR) is 67.0 cm³/mol. The Balaban J connectivity index is 3.24. The molecule has 0 bridgehead atoms. The second-order valence-electron chi connectivity index (χ2n) is 3.93. The van der Waals surface area contributed by atoms with Crippen LogP contribution in [0.15, 0.2) is 29.2 Å². The maximum Gasteiger partial charge on any atom is 0.321 e. The van der Waals surface area contributed by atoms with Crippen molar-refractivity contribution in [3.63, 3.8) is 0 Å². The SMILES string of the molecule is CC(C(=O)O)N(C)S(=O)(=O)c1cccc(C(N)=O)c1. The average Bonchev–Trinajstić information content (AvgIpc) is 2.36. The second kappa shape index (κ2) is 5.37. The van der Waals surface area contributed by atoms with Crippen LogP contribution in [-0.2, 0) is 14.8 Å². The van der Waals surface area contributed by atoms with Crippen LogP contribution in [0.25, 0.3) is 0 Å². The van der Waals surface area contributed by atoms with Gasteiger partial charge in [0.2, 0.25) is 15.9 Å². The Morgan fingerprint density at radius 1 is 1.37 bits per heavy atom. The summed E-state index contributed by atoms with van der Waals surface area (Å²) in [6.07, 6.45) is 0. The van der Waals surface area contributed by atoms with Crippen molar-refractivity contribution in [3.05, 3.63) is 29.8 Å². The molecule has 19 heavy (non-hydrogen) atoms. The number of nitrogens with zero attached hydrogens (tertiary/aromatic N) is 1. The first kappa shape index (κ1) is 15.1. The van der Waals surface area contributed by atoms with Crippen molar-refractivity contribution in [2.45, 2.75) is 17.9 Å². The van der Waals surface area contributed by atoms with Gasteiger partial charge in [-0.3, -0.25) is 9.59 Å². The lowest BCUT2D eigenvalue weighted by Gasteiger charge is -2.21. The lowest BCUT2D eigenvalue weighted by atomic mass is 10.2. The molecule has 0 fully saturated rings. The van der Waals surface area contributed by atoms with Gasteiger partial charge in [0.05, 0.1) is 4.90 Å². The number of primary amides is 1. The molecular formula is C11H14N2O5S. The van der Waals surface area contributed by atoms with Crippen LogP contribution in [0.2, 0.25) is 0 Å². The molecule has 0 aliphatic rings. The summed E-state index contributed by atoms with van der Waals surface area (Å²) in [6.45, 7) is 1.25. The molecule has 1 unspecified atom stereocenters. The molecule has 1 aromatic rings. The summed E-state index contributed by atoms with van der Waals surface area (Å²) in [7, 11) is -2.84. The third-order valence-electron chi connectivity index (χ3n) is 2.70. The quantitative estimate of drug-likeness (QED) is 0.782. The minimum atomic E-state index is -3.99. The van der Waals surface area contributed by atoms with Crippen molar-refractivity contribution in [3.8, 4) is 0 Å².